The number of carbonyl (C=O) groups excluding carboxylic acids is 1. The van der Waals surface area contributed by atoms with E-state index in [4.69, 9.17) is 4.74 Å². The third kappa shape index (κ3) is 6.96. The first-order valence-electron chi connectivity index (χ1n) is 11.8. The summed E-state index contributed by atoms with van der Waals surface area (Å²) in [5.74, 6) is -3.44. The monoisotopic (exact) mass is 542 g/mol. The standard InChI is InChI=1S/C25H32F2N2O5S2/c1-4-16-36(32,33)28-15-5-6-22(18-28)29(17-19-7-9-20(10-8-19)24(30)34-3)35(31)23-13-11-21(12-14-23)25(2,26)27/h7-14,22H,4-6,15-18H2,1-3H3. The average Bonchev–Trinajstić information content (AvgIpc) is 2.86. The maximum atomic E-state index is 13.7. The van der Waals surface area contributed by atoms with Crippen LogP contribution in [0.1, 0.15) is 54.6 Å². The zero-order valence-corrected chi connectivity index (χ0v) is 22.3. The van der Waals surface area contributed by atoms with Gasteiger partial charge in [-0.15, -0.1) is 0 Å². The summed E-state index contributed by atoms with van der Waals surface area (Å²) in [5, 5.41) is 0. The molecule has 1 aliphatic rings. The minimum atomic E-state index is -3.43. The summed E-state index contributed by atoms with van der Waals surface area (Å²) in [6.45, 7) is 3.43. The molecule has 0 saturated carbocycles. The molecule has 1 aliphatic heterocycles. The topological polar surface area (TPSA) is 84.0 Å². The Morgan fingerprint density at radius 1 is 1.17 bits per heavy atom. The molecule has 0 radical (unpaired) electrons. The highest BCUT2D eigenvalue weighted by Gasteiger charge is 2.34. The van der Waals surface area contributed by atoms with Gasteiger partial charge in [0.1, 0.15) is 11.0 Å². The summed E-state index contributed by atoms with van der Waals surface area (Å²) < 4.78 is 74.4. The van der Waals surface area contributed by atoms with E-state index in [9.17, 15) is 26.2 Å². The van der Waals surface area contributed by atoms with Crippen molar-refractivity contribution in [3.05, 3.63) is 65.2 Å². The molecule has 3 rings (SSSR count). The van der Waals surface area contributed by atoms with Crippen molar-refractivity contribution in [1.82, 2.24) is 8.61 Å². The van der Waals surface area contributed by atoms with Crippen LogP contribution in [0.25, 0.3) is 0 Å². The van der Waals surface area contributed by atoms with Gasteiger partial charge in [0.25, 0.3) is 5.92 Å². The predicted octanol–water partition coefficient (Wildman–Crippen LogP) is 4.31. The Kier molecular flexibility index (Phi) is 9.37. The van der Waals surface area contributed by atoms with Gasteiger partial charge in [-0.3, -0.25) is 0 Å². The average molecular weight is 543 g/mol. The van der Waals surface area contributed by atoms with Crippen LogP contribution in [0.4, 0.5) is 8.78 Å². The van der Waals surface area contributed by atoms with Crippen molar-refractivity contribution in [3.8, 4) is 0 Å². The third-order valence-corrected chi connectivity index (χ3v) is 9.68. The number of methoxy groups -OCH3 is 1. The van der Waals surface area contributed by atoms with Crippen LogP contribution >= 0.6 is 0 Å². The molecule has 0 spiro atoms. The van der Waals surface area contributed by atoms with Crippen molar-refractivity contribution in [1.29, 1.82) is 0 Å². The molecule has 0 N–H and O–H groups in total. The number of benzene rings is 2. The number of rotatable bonds is 10. The van der Waals surface area contributed by atoms with E-state index in [0.717, 1.165) is 12.5 Å². The predicted molar refractivity (Wildman–Crippen MR) is 134 cm³/mol. The summed E-state index contributed by atoms with van der Waals surface area (Å²) in [6.07, 6.45) is 1.75. The van der Waals surface area contributed by atoms with Crippen LogP contribution in [-0.2, 0) is 38.2 Å². The number of piperidine rings is 1. The fourth-order valence-electron chi connectivity index (χ4n) is 4.16. The van der Waals surface area contributed by atoms with Crippen LogP contribution in [0.5, 0.6) is 0 Å². The van der Waals surface area contributed by atoms with E-state index in [-0.39, 0.29) is 30.4 Å². The third-order valence-electron chi connectivity index (χ3n) is 6.11. The van der Waals surface area contributed by atoms with Gasteiger partial charge in [0, 0.05) is 38.2 Å². The molecule has 1 heterocycles. The van der Waals surface area contributed by atoms with Crippen molar-refractivity contribution in [2.75, 3.05) is 26.0 Å². The molecule has 11 heteroatoms. The minimum Gasteiger partial charge on any atom is -0.465 e. The van der Waals surface area contributed by atoms with Gasteiger partial charge < -0.3 is 4.74 Å². The largest absolute Gasteiger partial charge is 0.465 e. The van der Waals surface area contributed by atoms with Crippen LogP contribution < -0.4 is 0 Å². The van der Waals surface area contributed by atoms with Crippen molar-refractivity contribution in [2.45, 2.75) is 56.5 Å². The normalized spacial score (nSPS) is 18.2. The van der Waals surface area contributed by atoms with Gasteiger partial charge in [-0.25, -0.2) is 34.8 Å². The second kappa shape index (κ2) is 11.9. The molecule has 0 aliphatic carbocycles. The number of alkyl halides is 2. The van der Waals surface area contributed by atoms with Crippen LogP contribution in [-0.4, -0.2) is 59.2 Å². The first kappa shape index (κ1) is 28.4. The molecule has 1 fully saturated rings. The summed E-state index contributed by atoms with van der Waals surface area (Å²) in [4.78, 5) is 12.1. The van der Waals surface area contributed by atoms with Gasteiger partial charge in [0.15, 0.2) is 0 Å². The van der Waals surface area contributed by atoms with Gasteiger partial charge >= 0.3 is 5.97 Å². The molecule has 0 amide bonds. The highest BCUT2D eigenvalue weighted by atomic mass is 32.2. The molecule has 2 aromatic rings. The smallest absolute Gasteiger partial charge is 0.337 e. The number of halogens is 2. The van der Waals surface area contributed by atoms with Gasteiger partial charge in [-0.05, 0) is 49.1 Å². The van der Waals surface area contributed by atoms with Gasteiger partial charge in [-0.2, -0.15) is 0 Å². The maximum Gasteiger partial charge on any atom is 0.337 e. The molecule has 0 bridgehead atoms. The van der Waals surface area contributed by atoms with Crippen molar-refractivity contribution < 1.29 is 30.9 Å². The molecule has 2 aromatic carbocycles. The number of sulfonamides is 1. The summed E-state index contributed by atoms with van der Waals surface area (Å²) >= 11 is 0. The molecule has 0 aromatic heterocycles. The SMILES string of the molecule is CCCS(=O)(=O)N1CCCC(N(Cc2ccc(C(=O)OC)cc2)S(=O)c2ccc(C(C)(F)F)cc2)C1. The minimum absolute atomic E-state index is 0.0461. The lowest BCUT2D eigenvalue weighted by Crippen LogP contribution is -2.50. The van der Waals surface area contributed by atoms with Gasteiger partial charge in [0.2, 0.25) is 10.0 Å². The Morgan fingerprint density at radius 3 is 2.36 bits per heavy atom. The molecule has 2 atom stereocenters. The maximum absolute atomic E-state index is 13.7. The number of nitrogens with zero attached hydrogens (tertiary/aromatic N) is 2. The highest BCUT2D eigenvalue weighted by Crippen LogP contribution is 2.29. The number of hydrogen-bond donors (Lipinski definition) is 0. The Balaban J connectivity index is 1.91. The Bertz CT molecular complexity index is 1170. The molecule has 2 unspecified atom stereocenters. The van der Waals surface area contributed by atoms with Crippen molar-refractivity contribution >= 4 is 27.0 Å². The van der Waals surface area contributed by atoms with Crippen LogP contribution in [0.2, 0.25) is 0 Å². The zero-order valence-electron chi connectivity index (χ0n) is 20.7. The quantitative estimate of drug-likeness (QED) is 0.418. The number of esters is 1. The second-order valence-electron chi connectivity index (χ2n) is 8.90. The van der Waals surface area contributed by atoms with Crippen LogP contribution in [0, 0.1) is 0 Å². The van der Waals surface area contributed by atoms with E-state index < -0.39 is 32.9 Å². The van der Waals surface area contributed by atoms with Crippen LogP contribution in [0.3, 0.4) is 0 Å². The fraction of sp³-hybridized carbons (Fsp3) is 0.480. The number of carbonyl (C=O) groups is 1. The van der Waals surface area contributed by atoms with Gasteiger partial charge in [-0.1, -0.05) is 31.2 Å². The summed E-state index contributed by atoms with van der Waals surface area (Å²) in [5.41, 5.74) is 0.962. The van der Waals surface area contributed by atoms with Crippen molar-refractivity contribution in [2.24, 2.45) is 0 Å². The van der Waals surface area contributed by atoms with E-state index in [0.29, 0.717) is 36.3 Å². The molecular weight excluding hydrogens is 510 g/mol. The lowest BCUT2D eigenvalue weighted by atomic mass is 10.1. The first-order chi connectivity index (χ1) is 17.0. The Hall–Kier alpha value is -2.21. The summed E-state index contributed by atoms with van der Waals surface area (Å²) in [7, 11) is -3.88. The van der Waals surface area contributed by atoms with Crippen LogP contribution in [0.15, 0.2) is 53.4 Å². The molecule has 1 saturated heterocycles. The molecule has 198 valence electrons. The van der Waals surface area contributed by atoms with E-state index in [2.05, 4.69) is 0 Å². The molecular formula is C25H32F2N2O5S2. The molecule has 7 nitrogen and oxygen atoms in total. The van der Waals surface area contributed by atoms with E-state index >= 15 is 0 Å². The Labute approximate surface area is 214 Å². The Morgan fingerprint density at radius 2 is 1.81 bits per heavy atom. The highest BCUT2D eigenvalue weighted by molar-refractivity contribution is 7.89. The summed E-state index contributed by atoms with van der Waals surface area (Å²) in [6, 6.07) is 11.7. The van der Waals surface area contributed by atoms with Crippen molar-refractivity contribution in [3.63, 3.8) is 0 Å². The second-order valence-corrected chi connectivity index (χ2v) is 12.4. The lowest BCUT2D eigenvalue weighted by molar-refractivity contribution is 0.0174. The van der Waals surface area contributed by atoms with Gasteiger partial charge in [0.05, 0.1) is 23.3 Å². The van der Waals surface area contributed by atoms with E-state index in [1.54, 1.807) is 28.6 Å². The van der Waals surface area contributed by atoms with E-state index in [1.807, 2.05) is 6.92 Å². The lowest BCUT2D eigenvalue weighted by Gasteiger charge is -2.38. The molecule has 36 heavy (non-hydrogen) atoms. The number of ether oxygens (including phenoxy) is 1. The fourth-order valence-corrected chi connectivity index (χ4v) is 7.09. The number of hydrogen-bond acceptors (Lipinski definition) is 5. The van der Waals surface area contributed by atoms with E-state index in [1.165, 1.54) is 35.7 Å². The zero-order chi connectivity index (χ0) is 26.5. The first-order valence-corrected chi connectivity index (χ1v) is 14.5.